The monoisotopic (exact) mass is 394 g/mol. The number of ether oxygens (including phenoxy) is 1. The lowest BCUT2D eigenvalue weighted by Crippen LogP contribution is -2.19. The Bertz CT molecular complexity index is 1090. The van der Waals surface area contributed by atoms with Crippen LogP contribution < -0.4 is 15.6 Å². The summed E-state index contributed by atoms with van der Waals surface area (Å²) in [5.41, 5.74) is 1.10. The molecule has 1 aromatic heterocycles. The molecule has 1 heterocycles. The molecule has 0 amide bonds. The van der Waals surface area contributed by atoms with Crippen molar-refractivity contribution in [2.45, 2.75) is 44.8 Å². The van der Waals surface area contributed by atoms with E-state index in [0.29, 0.717) is 17.7 Å². The number of nitrogens with zero attached hydrogens (tertiary/aromatic N) is 2. The molecule has 150 valence electrons. The summed E-state index contributed by atoms with van der Waals surface area (Å²) < 4.78 is 6.10. The molecule has 29 heavy (non-hydrogen) atoms. The van der Waals surface area contributed by atoms with Crippen LogP contribution in [0.5, 0.6) is 5.75 Å². The first-order chi connectivity index (χ1) is 14.1. The number of aromatic nitrogens is 2. The van der Waals surface area contributed by atoms with E-state index in [1.165, 1.54) is 37.7 Å². The number of hydrogen-bond acceptors (Lipinski definition) is 6. The van der Waals surface area contributed by atoms with E-state index in [1.807, 2.05) is 24.3 Å². The van der Waals surface area contributed by atoms with Crippen molar-refractivity contribution in [1.82, 2.24) is 9.97 Å². The van der Waals surface area contributed by atoms with Crippen molar-refractivity contribution in [3.05, 3.63) is 68.8 Å². The molecular formula is C21H22N4O4. The zero-order chi connectivity index (χ0) is 20.2. The summed E-state index contributed by atoms with van der Waals surface area (Å²) >= 11 is 0. The van der Waals surface area contributed by atoms with Crippen molar-refractivity contribution < 1.29 is 9.66 Å². The Balaban J connectivity index is 1.53. The Morgan fingerprint density at radius 1 is 1.21 bits per heavy atom. The van der Waals surface area contributed by atoms with E-state index in [2.05, 4.69) is 15.3 Å². The van der Waals surface area contributed by atoms with Crippen LogP contribution in [-0.2, 0) is 6.54 Å². The number of H-pyrrole nitrogens is 1. The number of aromatic amines is 1. The van der Waals surface area contributed by atoms with E-state index >= 15 is 0 Å². The van der Waals surface area contributed by atoms with Crippen LogP contribution in [0, 0.1) is 10.1 Å². The Morgan fingerprint density at radius 2 is 2.03 bits per heavy atom. The lowest BCUT2D eigenvalue weighted by Gasteiger charge is -2.23. The van der Waals surface area contributed by atoms with Gasteiger partial charge in [0.2, 0.25) is 0 Å². The quantitative estimate of drug-likeness (QED) is 0.480. The average molecular weight is 394 g/mol. The number of nitrogens with one attached hydrogen (secondary N) is 2. The first kappa shape index (κ1) is 18.9. The maximum atomic E-state index is 11.9. The third-order valence-electron chi connectivity index (χ3n) is 5.19. The summed E-state index contributed by atoms with van der Waals surface area (Å²) in [6.07, 6.45) is 7.39. The Labute approximate surface area is 167 Å². The zero-order valence-electron chi connectivity index (χ0n) is 15.9. The van der Waals surface area contributed by atoms with Crippen LogP contribution in [0.1, 0.15) is 37.7 Å². The number of hydrogen-bond donors (Lipinski definition) is 2. The molecule has 2 N–H and O–H groups in total. The summed E-state index contributed by atoms with van der Waals surface area (Å²) in [4.78, 5) is 29.4. The molecular weight excluding hydrogens is 372 g/mol. The number of rotatable bonds is 6. The van der Waals surface area contributed by atoms with Crippen LogP contribution >= 0.6 is 0 Å². The van der Waals surface area contributed by atoms with Gasteiger partial charge in [0.05, 0.1) is 28.3 Å². The number of benzene rings is 2. The van der Waals surface area contributed by atoms with Crippen LogP contribution in [0.25, 0.3) is 10.9 Å². The predicted molar refractivity (Wildman–Crippen MR) is 110 cm³/mol. The van der Waals surface area contributed by atoms with Crippen molar-refractivity contribution in [3.63, 3.8) is 0 Å². The smallest absolute Gasteiger partial charge is 0.293 e. The van der Waals surface area contributed by atoms with Gasteiger partial charge in [-0.2, -0.15) is 0 Å². The van der Waals surface area contributed by atoms with Crippen molar-refractivity contribution in [1.29, 1.82) is 0 Å². The molecule has 0 atom stereocenters. The van der Waals surface area contributed by atoms with Crippen molar-refractivity contribution in [3.8, 4) is 5.75 Å². The highest BCUT2D eigenvalue weighted by molar-refractivity contribution is 5.86. The molecule has 0 bridgehead atoms. The third kappa shape index (κ3) is 4.37. The molecule has 0 saturated heterocycles. The normalized spacial score (nSPS) is 14.6. The van der Waals surface area contributed by atoms with Crippen LogP contribution in [0.15, 0.2) is 47.5 Å². The highest BCUT2D eigenvalue weighted by atomic mass is 16.6. The second-order valence-electron chi connectivity index (χ2n) is 7.25. The van der Waals surface area contributed by atoms with Gasteiger partial charge >= 0.3 is 0 Å². The number of nitro benzene ring substituents is 1. The van der Waals surface area contributed by atoms with Gasteiger partial charge in [-0.05, 0) is 49.4 Å². The summed E-state index contributed by atoms with van der Waals surface area (Å²) in [6, 6.07) is 10.5. The molecule has 8 heteroatoms. The van der Waals surface area contributed by atoms with Crippen molar-refractivity contribution >= 4 is 22.3 Å². The van der Waals surface area contributed by atoms with Gasteiger partial charge in [-0.15, -0.1) is 0 Å². The molecule has 0 aliphatic heterocycles. The van der Waals surface area contributed by atoms with E-state index in [1.54, 1.807) is 0 Å². The summed E-state index contributed by atoms with van der Waals surface area (Å²) in [5.74, 6) is 0.817. The number of nitro groups is 1. The van der Waals surface area contributed by atoms with E-state index in [4.69, 9.17) is 4.74 Å². The highest BCUT2D eigenvalue weighted by Crippen LogP contribution is 2.29. The fraction of sp³-hybridized carbons (Fsp3) is 0.333. The van der Waals surface area contributed by atoms with Crippen LogP contribution in [-0.4, -0.2) is 21.0 Å². The lowest BCUT2D eigenvalue weighted by atomic mass is 9.98. The van der Waals surface area contributed by atoms with Gasteiger partial charge in [-0.25, -0.2) is 4.98 Å². The second kappa shape index (κ2) is 8.30. The molecule has 1 saturated carbocycles. The zero-order valence-corrected chi connectivity index (χ0v) is 15.9. The minimum Gasteiger partial charge on any atom is -0.490 e. The van der Waals surface area contributed by atoms with Gasteiger partial charge in [0.25, 0.3) is 11.2 Å². The molecule has 0 radical (unpaired) electrons. The van der Waals surface area contributed by atoms with E-state index in [0.717, 1.165) is 24.2 Å². The largest absolute Gasteiger partial charge is 0.490 e. The summed E-state index contributed by atoms with van der Waals surface area (Å²) in [7, 11) is 0. The third-order valence-corrected chi connectivity index (χ3v) is 5.19. The lowest BCUT2D eigenvalue weighted by molar-refractivity contribution is -0.383. The Morgan fingerprint density at radius 3 is 2.83 bits per heavy atom. The van der Waals surface area contributed by atoms with E-state index in [9.17, 15) is 14.9 Å². The Kier molecular flexibility index (Phi) is 5.41. The van der Waals surface area contributed by atoms with Gasteiger partial charge in [0.15, 0.2) is 0 Å². The fourth-order valence-electron chi connectivity index (χ4n) is 3.70. The molecule has 1 aliphatic carbocycles. The average Bonchev–Trinajstić information content (AvgIpc) is 2.73. The predicted octanol–water partition coefficient (Wildman–Crippen LogP) is 4.15. The summed E-state index contributed by atoms with van der Waals surface area (Å²) in [5, 5.41) is 14.8. The SMILES string of the molecule is O=c1[nH]cnc2cc(NCc3cccc(OC4CCCCC4)c3)c([N+](=O)[O-])cc12. The molecule has 1 aliphatic rings. The van der Waals surface area contributed by atoms with Crippen molar-refractivity contribution in [2.75, 3.05) is 5.32 Å². The maximum absolute atomic E-state index is 11.9. The van der Waals surface area contributed by atoms with Crippen LogP contribution in [0.4, 0.5) is 11.4 Å². The first-order valence-electron chi connectivity index (χ1n) is 9.75. The molecule has 4 rings (SSSR count). The van der Waals surface area contributed by atoms with Crippen molar-refractivity contribution in [2.24, 2.45) is 0 Å². The van der Waals surface area contributed by atoms with Gasteiger partial charge in [-0.3, -0.25) is 14.9 Å². The standard InChI is InChI=1S/C21H22N4O4/c26-21-17-10-20(25(27)28)19(11-18(17)23-13-24-21)22-12-14-5-4-8-16(9-14)29-15-6-2-1-3-7-15/h4-5,8-11,13,15,22H,1-3,6-7,12H2,(H,23,24,26). The maximum Gasteiger partial charge on any atom is 0.293 e. The topological polar surface area (TPSA) is 110 Å². The fourth-order valence-corrected chi connectivity index (χ4v) is 3.70. The van der Waals surface area contributed by atoms with Crippen LogP contribution in [0.3, 0.4) is 0 Å². The van der Waals surface area contributed by atoms with Gasteiger partial charge in [0.1, 0.15) is 11.4 Å². The summed E-state index contributed by atoms with van der Waals surface area (Å²) in [6.45, 7) is 0.386. The van der Waals surface area contributed by atoms with Crippen LogP contribution in [0.2, 0.25) is 0 Å². The molecule has 0 unspecified atom stereocenters. The molecule has 1 fully saturated rings. The minimum atomic E-state index is -0.503. The molecule has 8 nitrogen and oxygen atoms in total. The van der Waals surface area contributed by atoms with Gasteiger partial charge in [-0.1, -0.05) is 18.6 Å². The molecule has 2 aromatic carbocycles. The van der Waals surface area contributed by atoms with E-state index in [-0.39, 0.29) is 17.2 Å². The highest BCUT2D eigenvalue weighted by Gasteiger charge is 2.18. The molecule has 3 aromatic rings. The minimum absolute atomic E-state index is 0.161. The number of anilines is 1. The van der Waals surface area contributed by atoms with Gasteiger partial charge < -0.3 is 15.0 Å². The molecule has 0 spiro atoms. The second-order valence-corrected chi connectivity index (χ2v) is 7.25. The first-order valence-corrected chi connectivity index (χ1v) is 9.75. The van der Waals surface area contributed by atoms with Gasteiger partial charge in [0, 0.05) is 12.6 Å². The number of fused-ring (bicyclic) bond motifs is 1. The Hall–Kier alpha value is -3.42. The van der Waals surface area contributed by atoms with E-state index < -0.39 is 10.5 Å².